The fourth-order valence-corrected chi connectivity index (χ4v) is 4.67. The Kier molecular flexibility index (Phi) is 7.89. The molecule has 4 unspecified atom stereocenters. The van der Waals surface area contributed by atoms with Crippen LogP contribution in [0.2, 0.25) is 0 Å². The highest BCUT2D eigenvalue weighted by Gasteiger charge is 2.47. The van der Waals surface area contributed by atoms with Crippen molar-refractivity contribution in [3.05, 3.63) is 24.3 Å². The van der Waals surface area contributed by atoms with E-state index in [0.29, 0.717) is 29.7 Å². The van der Waals surface area contributed by atoms with Crippen molar-refractivity contribution in [2.75, 3.05) is 18.4 Å². The van der Waals surface area contributed by atoms with Gasteiger partial charge in [0.15, 0.2) is 0 Å². The Morgan fingerprint density at radius 1 is 1.00 bits per heavy atom. The number of carbonyl (C=O) groups excluding carboxylic acids is 1. The third kappa shape index (κ3) is 6.44. The van der Waals surface area contributed by atoms with Crippen molar-refractivity contribution in [1.29, 1.82) is 0 Å². The molecule has 0 spiro atoms. The number of carboxylic acids is 1. The van der Waals surface area contributed by atoms with E-state index in [1.165, 1.54) is 0 Å². The highest BCUT2D eigenvalue weighted by molar-refractivity contribution is 5.92. The number of carboxylic acid groups (broad SMARTS) is 1. The van der Waals surface area contributed by atoms with Crippen LogP contribution < -0.4 is 10.6 Å². The Balaban J connectivity index is 1.36. The summed E-state index contributed by atoms with van der Waals surface area (Å²) in [7, 11) is 0. The van der Waals surface area contributed by atoms with Crippen LogP contribution in [0.3, 0.4) is 0 Å². The first-order chi connectivity index (χ1) is 14.0. The number of unbranched alkanes of at least 4 members (excludes halogenated alkanes) is 3. The first-order valence-corrected chi connectivity index (χ1v) is 10.7. The fourth-order valence-electron chi connectivity index (χ4n) is 4.67. The molecule has 2 saturated heterocycles. The number of fused-ring (bicyclic) bond motifs is 2. The van der Waals surface area contributed by atoms with E-state index >= 15 is 0 Å². The average Bonchev–Trinajstić information content (AvgIpc) is 3.28. The predicted molar refractivity (Wildman–Crippen MR) is 110 cm³/mol. The third-order valence-electron chi connectivity index (χ3n) is 6.09. The molecular weight excluding hydrogens is 372 g/mol. The van der Waals surface area contributed by atoms with E-state index < -0.39 is 5.97 Å². The van der Waals surface area contributed by atoms with E-state index in [2.05, 4.69) is 10.6 Å². The largest absolute Gasteiger partial charge is 0.508 e. The van der Waals surface area contributed by atoms with Gasteiger partial charge in [-0.05, 0) is 55.9 Å². The Labute approximate surface area is 171 Å². The van der Waals surface area contributed by atoms with Crippen LogP contribution in [-0.2, 0) is 14.3 Å². The molecular formula is C22H32N2O5. The third-order valence-corrected chi connectivity index (χ3v) is 6.09. The van der Waals surface area contributed by atoms with Gasteiger partial charge in [-0.3, -0.25) is 9.59 Å². The second-order valence-electron chi connectivity index (χ2n) is 8.19. The summed E-state index contributed by atoms with van der Waals surface area (Å²) in [6, 6.07) is 6.43. The summed E-state index contributed by atoms with van der Waals surface area (Å²) in [4.78, 5) is 22.7. The number of hydrogen-bond acceptors (Lipinski definition) is 5. The molecule has 4 atom stereocenters. The average molecular weight is 405 g/mol. The van der Waals surface area contributed by atoms with Gasteiger partial charge in [0.05, 0.1) is 18.8 Å². The summed E-state index contributed by atoms with van der Waals surface area (Å²) in [5, 5.41) is 24.1. The number of ether oxygens (including phenoxy) is 1. The summed E-state index contributed by atoms with van der Waals surface area (Å²) < 4.78 is 6.13. The van der Waals surface area contributed by atoms with Gasteiger partial charge in [-0.25, -0.2) is 0 Å². The number of phenolic OH excluding ortho intramolecular Hbond substituents is 1. The van der Waals surface area contributed by atoms with Crippen molar-refractivity contribution in [2.45, 2.75) is 63.6 Å². The van der Waals surface area contributed by atoms with E-state index in [0.717, 1.165) is 51.5 Å². The van der Waals surface area contributed by atoms with Crippen molar-refractivity contribution in [3.8, 4) is 5.75 Å². The molecule has 1 aromatic carbocycles. The molecule has 7 nitrogen and oxygen atoms in total. The molecule has 0 aromatic heterocycles. The summed E-state index contributed by atoms with van der Waals surface area (Å²) in [6.07, 6.45) is 8.14. The molecule has 160 valence electrons. The topological polar surface area (TPSA) is 108 Å². The normalized spacial score (nSPS) is 25.2. The molecule has 0 aliphatic carbocycles. The highest BCUT2D eigenvalue weighted by atomic mass is 16.5. The van der Waals surface area contributed by atoms with Crippen molar-refractivity contribution in [1.82, 2.24) is 5.32 Å². The van der Waals surface area contributed by atoms with Crippen LogP contribution >= 0.6 is 0 Å². The maximum atomic E-state index is 12.1. The summed E-state index contributed by atoms with van der Waals surface area (Å²) in [5.74, 6) is 0.322. The first kappa shape index (κ1) is 21.6. The molecule has 0 saturated carbocycles. The van der Waals surface area contributed by atoms with E-state index in [1.807, 2.05) is 0 Å². The lowest BCUT2D eigenvalue weighted by Gasteiger charge is -2.28. The number of benzene rings is 1. The minimum atomic E-state index is -0.716. The lowest BCUT2D eigenvalue weighted by Crippen LogP contribution is -2.38. The van der Waals surface area contributed by atoms with Gasteiger partial charge in [-0.15, -0.1) is 0 Å². The van der Waals surface area contributed by atoms with Crippen LogP contribution in [-0.4, -0.2) is 47.4 Å². The number of hydrogen-bond donors (Lipinski definition) is 4. The number of phenols is 1. The van der Waals surface area contributed by atoms with E-state index in [9.17, 15) is 14.7 Å². The zero-order valence-corrected chi connectivity index (χ0v) is 16.8. The predicted octanol–water partition coefficient (Wildman–Crippen LogP) is 3.14. The Bertz CT molecular complexity index is 678. The Hall–Kier alpha value is -2.12. The molecule has 2 aliphatic rings. The number of rotatable bonds is 12. The van der Waals surface area contributed by atoms with Gasteiger partial charge < -0.3 is 25.6 Å². The van der Waals surface area contributed by atoms with Gasteiger partial charge >= 0.3 is 5.97 Å². The molecule has 29 heavy (non-hydrogen) atoms. The lowest BCUT2D eigenvalue weighted by molar-refractivity contribution is -0.137. The van der Waals surface area contributed by atoms with E-state index in [-0.39, 0.29) is 24.6 Å². The molecule has 3 rings (SSSR count). The highest BCUT2D eigenvalue weighted by Crippen LogP contribution is 2.45. The summed E-state index contributed by atoms with van der Waals surface area (Å²) >= 11 is 0. The van der Waals surface area contributed by atoms with Crippen molar-refractivity contribution >= 4 is 17.6 Å². The van der Waals surface area contributed by atoms with Crippen LogP contribution in [0, 0.1) is 11.8 Å². The zero-order valence-electron chi connectivity index (χ0n) is 16.8. The SMILES string of the molecule is O=C(O)CCCCCCC1C2CCC(O2)C1CNCC(=O)Nc1ccc(O)cc1. The molecule has 4 N–H and O–H groups in total. The minimum absolute atomic E-state index is 0.102. The number of anilines is 1. The van der Waals surface area contributed by atoms with Crippen LogP contribution in [0.5, 0.6) is 5.75 Å². The maximum Gasteiger partial charge on any atom is 0.303 e. The minimum Gasteiger partial charge on any atom is -0.508 e. The van der Waals surface area contributed by atoms with E-state index in [1.54, 1.807) is 24.3 Å². The van der Waals surface area contributed by atoms with Crippen molar-refractivity contribution < 1.29 is 24.5 Å². The molecule has 1 aromatic rings. The molecule has 2 bridgehead atoms. The Morgan fingerprint density at radius 2 is 1.69 bits per heavy atom. The van der Waals surface area contributed by atoms with Crippen LogP contribution in [0.4, 0.5) is 5.69 Å². The summed E-state index contributed by atoms with van der Waals surface area (Å²) in [6.45, 7) is 1.02. The van der Waals surface area contributed by atoms with Crippen molar-refractivity contribution in [2.24, 2.45) is 11.8 Å². The first-order valence-electron chi connectivity index (χ1n) is 10.7. The van der Waals surface area contributed by atoms with Gasteiger partial charge in [-0.2, -0.15) is 0 Å². The van der Waals surface area contributed by atoms with Gasteiger partial charge in [-0.1, -0.05) is 19.3 Å². The smallest absolute Gasteiger partial charge is 0.303 e. The monoisotopic (exact) mass is 404 g/mol. The fraction of sp³-hybridized carbons (Fsp3) is 0.636. The van der Waals surface area contributed by atoms with Gasteiger partial charge in [0.1, 0.15) is 5.75 Å². The maximum absolute atomic E-state index is 12.1. The van der Waals surface area contributed by atoms with Crippen LogP contribution in [0.15, 0.2) is 24.3 Å². The van der Waals surface area contributed by atoms with Crippen LogP contribution in [0.25, 0.3) is 0 Å². The number of amides is 1. The number of carbonyl (C=O) groups is 2. The van der Waals surface area contributed by atoms with Gasteiger partial charge in [0.2, 0.25) is 5.91 Å². The number of nitrogens with one attached hydrogen (secondary N) is 2. The lowest BCUT2D eigenvalue weighted by atomic mass is 9.76. The quantitative estimate of drug-likeness (QED) is 0.315. The zero-order chi connectivity index (χ0) is 20.6. The number of aromatic hydroxyl groups is 1. The van der Waals surface area contributed by atoms with Gasteiger partial charge in [0.25, 0.3) is 0 Å². The molecule has 2 fully saturated rings. The molecule has 0 radical (unpaired) electrons. The second-order valence-corrected chi connectivity index (χ2v) is 8.19. The second kappa shape index (κ2) is 10.6. The van der Waals surface area contributed by atoms with Crippen LogP contribution in [0.1, 0.15) is 51.4 Å². The van der Waals surface area contributed by atoms with Gasteiger partial charge in [0, 0.05) is 24.6 Å². The molecule has 2 aliphatic heterocycles. The number of aliphatic carboxylic acids is 1. The van der Waals surface area contributed by atoms with E-state index in [4.69, 9.17) is 9.84 Å². The molecule has 1 amide bonds. The standard InChI is InChI=1S/C22H32N2O5/c25-16-9-7-15(8-10-16)24-21(26)14-23-13-18-17(19-11-12-20(18)29-19)5-3-1-2-4-6-22(27)28/h7-10,17-20,23,25H,1-6,11-14H2,(H,24,26)(H,27,28). The Morgan fingerprint density at radius 3 is 2.41 bits per heavy atom. The molecule has 2 heterocycles. The molecule has 7 heteroatoms. The van der Waals surface area contributed by atoms with Crippen molar-refractivity contribution in [3.63, 3.8) is 0 Å². The summed E-state index contributed by atoms with van der Waals surface area (Å²) in [5.41, 5.74) is 0.665.